The molecule has 3 aliphatic rings. The van der Waals surface area contributed by atoms with Crippen molar-refractivity contribution < 1.29 is 19.0 Å². The highest BCUT2D eigenvalue weighted by atomic mass is 19.1. The molecule has 0 fully saturated rings. The molecule has 1 atom stereocenters. The van der Waals surface area contributed by atoms with Gasteiger partial charge in [0.25, 0.3) is 5.56 Å². The maximum absolute atomic E-state index is 15.5. The van der Waals surface area contributed by atoms with Gasteiger partial charge in [-0.25, -0.2) is 9.37 Å². The Morgan fingerprint density at radius 3 is 2.72 bits per heavy atom. The molecule has 0 unspecified atom stereocenters. The first-order valence-corrected chi connectivity index (χ1v) is 12.6. The van der Waals surface area contributed by atoms with E-state index in [2.05, 4.69) is 13.5 Å². The summed E-state index contributed by atoms with van der Waals surface area (Å²) in [6.07, 6.45) is 0.993. The van der Waals surface area contributed by atoms with Gasteiger partial charge in [-0.05, 0) is 38.3 Å². The minimum atomic E-state index is -1.45. The number of anilines is 1. The zero-order valence-corrected chi connectivity index (χ0v) is 21.1. The molecule has 188 valence electrons. The van der Waals surface area contributed by atoms with E-state index < -0.39 is 5.60 Å². The van der Waals surface area contributed by atoms with E-state index in [1.807, 2.05) is 31.7 Å². The topological polar surface area (TPSA) is 76.8 Å². The van der Waals surface area contributed by atoms with Crippen LogP contribution in [0.4, 0.5) is 10.1 Å². The van der Waals surface area contributed by atoms with Crippen molar-refractivity contribution in [2.24, 2.45) is 0 Å². The third kappa shape index (κ3) is 2.88. The lowest BCUT2D eigenvalue weighted by atomic mass is 9.84. The van der Waals surface area contributed by atoms with Gasteiger partial charge >= 0.3 is 0 Å². The number of fused-ring (bicyclic) bond motifs is 7. The molecule has 3 aromatic rings. The van der Waals surface area contributed by atoms with E-state index in [9.17, 15) is 9.90 Å². The summed E-state index contributed by atoms with van der Waals surface area (Å²) in [7, 11) is 0. The van der Waals surface area contributed by atoms with E-state index in [0.29, 0.717) is 72.0 Å². The summed E-state index contributed by atoms with van der Waals surface area (Å²) >= 11 is 0. The molecular weight excluding hydrogens is 461 g/mol. The molecular formula is C28H30FN3O4. The predicted octanol–water partition coefficient (Wildman–Crippen LogP) is 4.38. The monoisotopic (exact) mass is 491 g/mol. The molecule has 0 saturated heterocycles. The Kier molecular flexibility index (Phi) is 4.99. The van der Waals surface area contributed by atoms with Gasteiger partial charge in [0.15, 0.2) is 11.6 Å². The average Bonchev–Trinajstić information content (AvgIpc) is 3.23. The number of hydrogen-bond acceptors (Lipinski definition) is 6. The Hall–Kier alpha value is -3.39. The van der Waals surface area contributed by atoms with Crippen LogP contribution >= 0.6 is 0 Å². The molecule has 0 radical (unpaired) electrons. The fourth-order valence-corrected chi connectivity index (χ4v) is 6.05. The highest BCUT2D eigenvalue weighted by Crippen LogP contribution is 2.47. The van der Waals surface area contributed by atoms with Gasteiger partial charge in [0.2, 0.25) is 0 Å². The minimum absolute atomic E-state index is 0.0690. The van der Waals surface area contributed by atoms with Crippen molar-refractivity contribution in [2.75, 3.05) is 18.1 Å². The van der Waals surface area contributed by atoms with E-state index in [1.54, 1.807) is 4.57 Å². The minimum Gasteiger partial charge on any atom is -0.490 e. The van der Waals surface area contributed by atoms with Crippen LogP contribution in [0.2, 0.25) is 0 Å². The van der Waals surface area contributed by atoms with Crippen LogP contribution in [-0.2, 0) is 29.9 Å². The molecule has 0 bridgehead atoms. The molecule has 5 heterocycles. The summed E-state index contributed by atoms with van der Waals surface area (Å²) in [5.41, 5.74) is 3.48. The highest BCUT2D eigenvalue weighted by molar-refractivity contribution is 5.97. The van der Waals surface area contributed by atoms with Gasteiger partial charge in [0.1, 0.15) is 30.3 Å². The van der Waals surface area contributed by atoms with Crippen LogP contribution in [0.5, 0.6) is 5.75 Å². The summed E-state index contributed by atoms with van der Waals surface area (Å²) in [6.45, 7) is 13.4. The number of aryl methyl sites for hydroxylation is 1. The lowest BCUT2D eigenvalue weighted by Gasteiger charge is -2.35. The lowest BCUT2D eigenvalue weighted by Crippen LogP contribution is -2.38. The maximum Gasteiger partial charge on any atom is 0.258 e. The fraction of sp³-hybridized carbons (Fsp3) is 0.429. The van der Waals surface area contributed by atoms with Gasteiger partial charge in [-0.15, -0.1) is 0 Å². The molecule has 6 rings (SSSR count). The van der Waals surface area contributed by atoms with Crippen LogP contribution in [0.25, 0.3) is 22.3 Å². The van der Waals surface area contributed by atoms with Crippen molar-refractivity contribution in [3.63, 3.8) is 0 Å². The molecule has 0 aliphatic carbocycles. The Morgan fingerprint density at radius 2 is 2.03 bits per heavy atom. The summed E-state index contributed by atoms with van der Waals surface area (Å²) in [5.74, 6) is 0.404. The fourth-order valence-electron chi connectivity index (χ4n) is 6.05. The molecule has 0 spiro atoms. The Labute approximate surface area is 208 Å². The van der Waals surface area contributed by atoms with Crippen molar-refractivity contribution >= 4 is 16.6 Å². The van der Waals surface area contributed by atoms with E-state index in [0.717, 1.165) is 16.5 Å². The average molecular weight is 492 g/mol. The van der Waals surface area contributed by atoms with E-state index in [1.165, 1.54) is 6.07 Å². The zero-order chi connectivity index (χ0) is 25.5. The van der Waals surface area contributed by atoms with Crippen LogP contribution in [0.3, 0.4) is 0 Å². The summed E-state index contributed by atoms with van der Waals surface area (Å²) < 4.78 is 28.9. The first-order chi connectivity index (χ1) is 17.2. The number of aromatic nitrogens is 2. The molecule has 1 N–H and O–H groups in total. The van der Waals surface area contributed by atoms with Crippen molar-refractivity contribution in [2.45, 2.75) is 65.3 Å². The van der Waals surface area contributed by atoms with Gasteiger partial charge in [0.05, 0.1) is 35.6 Å². The van der Waals surface area contributed by atoms with E-state index in [-0.39, 0.29) is 29.8 Å². The molecule has 1 aromatic carbocycles. The second-order valence-corrected chi connectivity index (χ2v) is 10.1. The normalized spacial score (nSPS) is 20.1. The number of aliphatic hydroxyl groups is 1. The van der Waals surface area contributed by atoms with Crippen molar-refractivity contribution in [1.82, 2.24) is 9.55 Å². The van der Waals surface area contributed by atoms with Gasteiger partial charge in [-0.1, -0.05) is 20.4 Å². The molecule has 36 heavy (non-hydrogen) atoms. The van der Waals surface area contributed by atoms with E-state index in [4.69, 9.17) is 14.5 Å². The van der Waals surface area contributed by atoms with Crippen molar-refractivity contribution in [3.8, 4) is 17.1 Å². The first kappa shape index (κ1) is 23.0. The second-order valence-electron chi connectivity index (χ2n) is 10.1. The number of rotatable bonds is 3. The van der Waals surface area contributed by atoms with Gasteiger partial charge in [-0.3, -0.25) is 4.79 Å². The van der Waals surface area contributed by atoms with Gasteiger partial charge < -0.3 is 24.0 Å². The summed E-state index contributed by atoms with van der Waals surface area (Å²) in [5, 5.41) is 12.2. The molecule has 0 saturated carbocycles. The van der Waals surface area contributed by atoms with Crippen LogP contribution in [0, 0.1) is 5.82 Å². The smallest absolute Gasteiger partial charge is 0.258 e. The van der Waals surface area contributed by atoms with Crippen molar-refractivity contribution in [1.29, 1.82) is 0 Å². The van der Waals surface area contributed by atoms with Crippen LogP contribution in [-0.4, -0.2) is 33.9 Å². The van der Waals surface area contributed by atoms with Crippen LogP contribution in [0.1, 0.15) is 56.4 Å². The number of halogens is 1. The largest absolute Gasteiger partial charge is 0.490 e. The van der Waals surface area contributed by atoms with Crippen molar-refractivity contribution in [3.05, 3.63) is 62.9 Å². The number of hydrogen-bond donors (Lipinski definition) is 1. The SMILES string of the molecule is C=C1OCc2c(cc3n(c2=O)Cc2c-3nc3cc(F)c4c(c3c2CC)OCCN4C(C)C)[C@@]1(O)CC. The Balaban J connectivity index is 1.65. The zero-order valence-electron chi connectivity index (χ0n) is 21.1. The molecule has 2 aromatic heterocycles. The van der Waals surface area contributed by atoms with E-state index >= 15 is 4.39 Å². The van der Waals surface area contributed by atoms with Gasteiger partial charge in [-0.2, -0.15) is 0 Å². The van der Waals surface area contributed by atoms with Crippen LogP contribution in [0.15, 0.2) is 29.3 Å². The molecule has 7 nitrogen and oxygen atoms in total. The number of nitrogens with zero attached hydrogens (tertiary/aromatic N) is 3. The number of benzene rings is 1. The standard InChI is InChI=1S/C28H30FN3O4/c1-6-16-17-12-32-22(10-19-18(27(32)33)13-36-15(5)28(19,34)7-2)24(17)30-21-11-20(29)25-26(23(16)21)35-9-8-31(25)14(3)4/h10-11,14,34H,5-9,12-13H2,1-4H3/t28-/m1/s1. The first-order valence-electron chi connectivity index (χ1n) is 12.6. The van der Waals surface area contributed by atoms with Crippen LogP contribution < -0.4 is 15.2 Å². The third-order valence-electron chi connectivity index (χ3n) is 7.98. The lowest BCUT2D eigenvalue weighted by molar-refractivity contribution is -0.0172. The summed E-state index contributed by atoms with van der Waals surface area (Å²) in [4.78, 5) is 20.5. The second kappa shape index (κ2) is 7.80. The summed E-state index contributed by atoms with van der Waals surface area (Å²) in [6, 6.07) is 3.44. The quantitative estimate of drug-likeness (QED) is 0.459. The van der Waals surface area contributed by atoms with Gasteiger partial charge in [0, 0.05) is 28.6 Å². The Morgan fingerprint density at radius 1 is 1.25 bits per heavy atom. The molecule has 0 amide bonds. The maximum atomic E-state index is 15.5. The highest BCUT2D eigenvalue weighted by Gasteiger charge is 2.42. The number of pyridine rings is 2. The third-order valence-corrected chi connectivity index (χ3v) is 7.98. The molecule has 8 heteroatoms. The molecule has 3 aliphatic heterocycles. The Bertz CT molecular complexity index is 1530. The number of ether oxygens (including phenoxy) is 2. The predicted molar refractivity (Wildman–Crippen MR) is 136 cm³/mol.